The minimum Gasteiger partial charge on any atom is -0.497 e. The molecule has 5 nitrogen and oxygen atoms in total. The topological polar surface area (TPSA) is 62.1 Å². The Labute approximate surface area is 145 Å². The van der Waals surface area contributed by atoms with Crippen LogP contribution in [-0.2, 0) is 4.79 Å². The molecule has 1 aliphatic rings. The van der Waals surface area contributed by atoms with Crippen LogP contribution >= 0.6 is 11.6 Å². The highest BCUT2D eigenvalue weighted by Crippen LogP contribution is 2.41. The van der Waals surface area contributed by atoms with Crippen molar-refractivity contribution < 1.29 is 14.6 Å². The van der Waals surface area contributed by atoms with Crippen LogP contribution in [0.2, 0.25) is 5.02 Å². The van der Waals surface area contributed by atoms with Crippen molar-refractivity contribution in [3.63, 3.8) is 0 Å². The Bertz CT molecular complexity index is 789. The van der Waals surface area contributed by atoms with Crippen LogP contribution < -0.4 is 9.75 Å². The molecule has 2 atom stereocenters. The van der Waals surface area contributed by atoms with Crippen molar-refractivity contribution in [1.82, 2.24) is 0 Å². The molecule has 2 aromatic carbocycles. The van der Waals surface area contributed by atoms with E-state index in [9.17, 15) is 9.90 Å². The second kappa shape index (κ2) is 6.53. The standard InChI is InChI=1S/C18H17ClN2O3/c1-11-16(18(22)23)20-21(15-6-4-3-5-14(15)19)17(11)12-7-9-13(24-2)10-8-12/h3-11,17H,1-2H3,(H,22,23)/t11-,17-/m0/s1. The molecule has 2 aromatic rings. The first kappa shape index (κ1) is 16.3. The summed E-state index contributed by atoms with van der Waals surface area (Å²) in [6, 6.07) is 14.6. The third kappa shape index (κ3) is 2.83. The number of carbonyl (C=O) groups is 1. The Balaban J connectivity index is 2.07. The van der Waals surface area contributed by atoms with Crippen molar-refractivity contribution in [2.45, 2.75) is 13.0 Å². The van der Waals surface area contributed by atoms with Crippen molar-refractivity contribution in [2.24, 2.45) is 11.0 Å². The summed E-state index contributed by atoms with van der Waals surface area (Å²) >= 11 is 6.30. The van der Waals surface area contributed by atoms with Crippen molar-refractivity contribution in [2.75, 3.05) is 12.1 Å². The number of methoxy groups -OCH3 is 1. The summed E-state index contributed by atoms with van der Waals surface area (Å²) in [5.74, 6) is -0.559. The molecule has 0 fully saturated rings. The zero-order valence-electron chi connectivity index (χ0n) is 13.3. The van der Waals surface area contributed by atoms with Gasteiger partial charge in [0.1, 0.15) is 5.75 Å². The lowest BCUT2D eigenvalue weighted by molar-refractivity contribution is -0.129. The lowest BCUT2D eigenvalue weighted by Gasteiger charge is -2.27. The van der Waals surface area contributed by atoms with Gasteiger partial charge in [0.15, 0.2) is 5.71 Å². The summed E-state index contributed by atoms with van der Waals surface area (Å²) in [5, 5.41) is 16.0. The molecule has 0 aromatic heterocycles. The Morgan fingerprint density at radius 1 is 1.21 bits per heavy atom. The molecular formula is C18H17ClN2O3. The number of rotatable bonds is 4. The minimum absolute atomic E-state index is 0.121. The van der Waals surface area contributed by atoms with E-state index in [0.717, 1.165) is 11.3 Å². The van der Waals surface area contributed by atoms with Crippen molar-refractivity contribution in [3.8, 4) is 5.75 Å². The normalized spacial score (nSPS) is 20.0. The average molecular weight is 345 g/mol. The smallest absolute Gasteiger partial charge is 0.352 e. The van der Waals surface area contributed by atoms with Crippen molar-refractivity contribution >= 4 is 29.0 Å². The maximum Gasteiger partial charge on any atom is 0.352 e. The van der Waals surface area contributed by atoms with E-state index in [1.165, 1.54) is 0 Å². The summed E-state index contributed by atoms with van der Waals surface area (Å²) in [5.41, 5.74) is 1.75. The fraction of sp³-hybridized carbons (Fsp3) is 0.222. The molecule has 3 rings (SSSR count). The summed E-state index contributed by atoms with van der Waals surface area (Å²) < 4.78 is 5.19. The van der Waals surface area contributed by atoms with Gasteiger partial charge in [-0.25, -0.2) is 4.79 Å². The van der Waals surface area contributed by atoms with Gasteiger partial charge in [-0.15, -0.1) is 0 Å². The Hall–Kier alpha value is -2.53. The van der Waals surface area contributed by atoms with Gasteiger partial charge in [-0.05, 0) is 29.8 Å². The lowest BCUT2D eigenvalue weighted by atomic mass is 9.91. The number of carboxylic acid groups (broad SMARTS) is 1. The molecule has 1 aliphatic heterocycles. The zero-order valence-corrected chi connectivity index (χ0v) is 14.1. The Morgan fingerprint density at radius 2 is 1.88 bits per heavy atom. The van der Waals surface area contributed by atoms with Crippen LogP contribution in [0.25, 0.3) is 0 Å². The van der Waals surface area contributed by atoms with Gasteiger partial charge in [0.05, 0.1) is 23.9 Å². The number of ether oxygens (including phenoxy) is 1. The Morgan fingerprint density at radius 3 is 2.46 bits per heavy atom. The third-order valence-corrected chi connectivity index (χ3v) is 4.48. The molecular weight excluding hydrogens is 328 g/mol. The molecule has 0 aliphatic carbocycles. The molecule has 24 heavy (non-hydrogen) atoms. The SMILES string of the molecule is COc1ccc([C@@H]2[C@@H](C)C(C(=O)O)=NN2c2ccccc2Cl)cc1. The van der Waals surface area contributed by atoms with Gasteiger partial charge < -0.3 is 9.84 Å². The third-order valence-electron chi connectivity index (χ3n) is 4.16. The second-order valence-electron chi connectivity index (χ2n) is 5.59. The van der Waals surface area contributed by atoms with E-state index in [-0.39, 0.29) is 17.7 Å². The fourth-order valence-electron chi connectivity index (χ4n) is 2.94. The number of benzene rings is 2. The highest BCUT2D eigenvalue weighted by Gasteiger charge is 2.39. The van der Waals surface area contributed by atoms with Crippen LogP contribution in [0.15, 0.2) is 53.6 Å². The van der Waals surface area contributed by atoms with E-state index in [2.05, 4.69) is 5.10 Å². The number of nitrogens with zero attached hydrogens (tertiary/aromatic N) is 2. The van der Waals surface area contributed by atoms with Gasteiger partial charge in [0, 0.05) is 5.92 Å². The van der Waals surface area contributed by atoms with Crippen LogP contribution in [0.1, 0.15) is 18.5 Å². The first-order chi connectivity index (χ1) is 11.5. The molecule has 6 heteroatoms. The molecule has 0 radical (unpaired) electrons. The van der Waals surface area contributed by atoms with Crippen LogP contribution in [-0.4, -0.2) is 23.9 Å². The number of hydrogen-bond donors (Lipinski definition) is 1. The monoisotopic (exact) mass is 344 g/mol. The van der Waals surface area contributed by atoms with E-state index < -0.39 is 5.97 Å². The molecule has 0 saturated heterocycles. The molecule has 0 saturated carbocycles. The lowest BCUT2D eigenvalue weighted by Crippen LogP contribution is -2.26. The van der Waals surface area contributed by atoms with Crippen LogP contribution in [0.5, 0.6) is 5.75 Å². The number of para-hydroxylation sites is 1. The second-order valence-corrected chi connectivity index (χ2v) is 6.00. The van der Waals surface area contributed by atoms with Gasteiger partial charge in [0.25, 0.3) is 0 Å². The van der Waals surface area contributed by atoms with E-state index >= 15 is 0 Å². The van der Waals surface area contributed by atoms with Gasteiger partial charge in [-0.3, -0.25) is 5.01 Å². The molecule has 0 amide bonds. The number of halogens is 1. The van der Waals surface area contributed by atoms with E-state index in [1.54, 1.807) is 18.2 Å². The van der Waals surface area contributed by atoms with Crippen molar-refractivity contribution in [3.05, 3.63) is 59.1 Å². The zero-order chi connectivity index (χ0) is 17.3. The first-order valence-corrected chi connectivity index (χ1v) is 7.90. The molecule has 124 valence electrons. The molecule has 0 bridgehead atoms. The predicted octanol–water partition coefficient (Wildman–Crippen LogP) is 3.99. The first-order valence-electron chi connectivity index (χ1n) is 7.52. The average Bonchev–Trinajstić information content (AvgIpc) is 2.93. The minimum atomic E-state index is -1.02. The van der Waals surface area contributed by atoms with Crippen LogP contribution in [0, 0.1) is 5.92 Å². The van der Waals surface area contributed by atoms with Crippen LogP contribution in [0.3, 0.4) is 0 Å². The summed E-state index contributed by atoms with van der Waals surface area (Å²) in [6.45, 7) is 1.86. The number of hydrogen-bond acceptors (Lipinski definition) is 4. The summed E-state index contributed by atoms with van der Waals surface area (Å²) in [6.07, 6.45) is 0. The predicted molar refractivity (Wildman–Crippen MR) is 93.9 cm³/mol. The fourth-order valence-corrected chi connectivity index (χ4v) is 3.16. The molecule has 0 unspecified atom stereocenters. The van der Waals surface area contributed by atoms with Crippen molar-refractivity contribution in [1.29, 1.82) is 0 Å². The molecule has 1 heterocycles. The largest absolute Gasteiger partial charge is 0.497 e. The number of aliphatic carboxylic acids is 1. The van der Waals surface area contributed by atoms with Gasteiger partial charge in [0.2, 0.25) is 0 Å². The highest BCUT2D eigenvalue weighted by atomic mass is 35.5. The Kier molecular flexibility index (Phi) is 4.44. The van der Waals surface area contributed by atoms with E-state index in [1.807, 2.05) is 49.4 Å². The number of anilines is 1. The van der Waals surface area contributed by atoms with E-state index in [0.29, 0.717) is 10.7 Å². The van der Waals surface area contributed by atoms with E-state index in [4.69, 9.17) is 16.3 Å². The molecule has 0 spiro atoms. The summed E-state index contributed by atoms with van der Waals surface area (Å²) in [4.78, 5) is 11.5. The van der Waals surface area contributed by atoms with Gasteiger partial charge in [-0.1, -0.05) is 42.8 Å². The van der Waals surface area contributed by atoms with Gasteiger partial charge >= 0.3 is 5.97 Å². The number of carboxylic acids is 1. The highest BCUT2D eigenvalue weighted by molar-refractivity contribution is 6.38. The quantitative estimate of drug-likeness (QED) is 0.911. The molecule has 1 N–H and O–H groups in total. The number of hydrazone groups is 1. The van der Waals surface area contributed by atoms with Crippen LogP contribution in [0.4, 0.5) is 5.69 Å². The summed E-state index contributed by atoms with van der Waals surface area (Å²) in [7, 11) is 1.61. The maximum atomic E-state index is 11.5. The maximum absolute atomic E-state index is 11.5. The van der Waals surface area contributed by atoms with Gasteiger partial charge in [-0.2, -0.15) is 5.10 Å².